The van der Waals surface area contributed by atoms with Crippen LogP contribution in [0.25, 0.3) is 0 Å². The molecule has 0 amide bonds. The van der Waals surface area contributed by atoms with E-state index < -0.39 is 0 Å². The number of hydrogen-bond acceptors (Lipinski definition) is 4. The van der Waals surface area contributed by atoms with E-state index in [-0.39, 0.29) is 11.0 Å². The average molecular weight is 387 g/mol. The fourth-order valence-corrected chi connectivity index (χ4v) is 0. The third kappa shape index (κ3) is 219. The van der Waals surface area contributed by atoms with E-state index in [1.165, 1.54) is 0 Å². The molecule has 0 aromatic rings. The van der Waals surface area contributed by atoms with Crippen LogP contribution in [0.1, 0.15) is 0 Å². The van der Waals surface area contributed by atoms with Crippen molar-refractivity contribution in [2.24, 2.45) is 0 Å². The molecule has 0 aliphatic heterocycles. The minimum absolute atomic E-state index is 0. The molecule has 9 heteroatoms. The molecule has 0 unspecified atom stereocenters. The molecule has 4 nitrogen and oxygen atoms in total. The molecule has 0 heterocycles. The Balaban J connectivity index is -0.00000000762. The molecular weight excluding hydrogens is 383 g/mol. The molecule has 0 aromatic heterocycles. The summed E-state index contributed by atoms with van der Waals surface area (Å²) >= 11 is 1.75. The van der Waals surface area contributed by atoms with Gasteiger partial charge < -0.3 is 0 Å². The molecule has 48 valence electrons. The molecule has 0 fully saturated rings. The van der Waals surface area contributed by atoms with Crippen molar-refractivity contribution in [1.82, 2.24) is 0 Å². The van der Waals surface area contributed by atoms with Gasteiger partial charge in [-0.2, -0.15) is 0 Å². The molecule has 0 atom stereocenters. The van der Waals surface area contributed by atoms with Gasteiger partial charge in [0.1, 0.15) is 0 Å². The van der Waals surface area contributed by atoms with E-state index in [1.54, 1.807) is 0 Å². The smallest absolute Gasteiger partial charge is 4.00 e. The fraction of sp³-hybridized carbons (Fsp3) is 0. The Bertz CT molecular complexity index is 20.5. The molecule has 0 bridgehead atoms. The van der Waals surface area contributed by atoms with Gasteiger partial charge in [0.25, 0.3) is 0 Å². The molecule has 0 aliphatic rings. The molecular formula is H4Ge4O4Si. The Morgan fingerprint density at radius 1 is 0.444 bits per heavy atom. The SMILES string of the molecule is [O]=[GeH-].[O]=[GeH-].[O]=[GeH-].[O]=[GeH-].[Si+4]. The molecule has 0 N–H and O–H groups in total. The van der Waals surface area contributed by atoms with Crippen molar-refractivity contribution in [3.63, 3.8) is 0 Å². The number of rotatable bonds is 0. The van der Waals surface area contributed by atoms with Crippen molar-refractivity contribution in [2.75, 3.05) is 0 Å². The first-order chi connectivity index (χ1) is 4.00. The zero-order valence-corrected chi connectivity index (χ0v) is 15.1. The van der Waals surface area contributed by atoms with Crippen LogP contribution in [0.5, 0.6) is 0 Å². The van der Waals surface area contributed by atoms with Crippen LogP contribution < -0.4 is 0 Å². The van der Waals surface area contributed by atoms with E-state index in [4.69, 9.17) is 15.1 Å². The Labute approximate surface area is 91.1 Å². The van der Waals surface area contributed by atoms with Crippen molar-refractivity contribution in [1.29, 1.82) is 0 Å². The first-order valence-corrected chi connectivity index (χ1v) is 4.90. The summed E-state index contributed by atoms with van der Waals surface area (Å²) in [6, 6.07) is 0. The Hall–Kier alpha value is 1.59. The van der Waals surface area contributed by atoms with Gasteiger partial charge in [-0.15, -0.1) is 0 Å². The molecule has 0 spiro atoms. The largest absolute Gasteiger partial charge is 4.00 e. The summed E-state index contributed by atoms with van der Waals surface area (Å²) in [5, 5.41) is 0. The molecule has 0 aliphatic carbocycles. The summed E-state index contributed by atoms with van der Waals surface area (Å²) in [7, 11) is 0. The summed E-state index contributed by atoms with van der Waals surface area (Å²) in [4.78, 5) is 0. The van der Waals surface area contributed by atoms with Crippen LogP contribution in [0.15, 0.2) is 0 Å². The third-order valence-electron chi connectivity index (χ3n) is 0. The second kappa shape index (κ2) is 280. The Morgan fingerprint density at radius 3 is 0.444 bits per heavy atom. The molecule has 0 radical (unpaired) electrons. The van der Waals surface area contributed by atoms with E-state index in [0.29, 0.717) is 65.8 Å². The normalized spacial score (nSPS) is 1.78. The van der Waals surface area contributed by atoms with Gasteiger partial charge in [-0.25, -0.2) is 0 Å². The molecule has 0 saturated carbocycles. The average Bonchev–Trinajstić information content (AvgIpc) is 2.03. The minimum atomic E-state index is 0. The Kier molecular flexibility index (Phi) is 971. The topological polar surface area (TPSA) is 68.3 Å². The summed E-state index contributed by atoms with van der Waals surface area (Å²) in [6.07, 6.45) is 0. The quantitative estimate of drug-likeness (QED) is 0.406. The van der Waals surface area contributed by atoms with Crippen LogP contribution in [-0.4, -0.2) is 76.8 Å². The van der Waals surface area contributed by atoms with E-state index in [9.17, 15) is 0 Å². The predicted octanol–water partition coefficient (Wildman–Crippen LogP) is -3.45. The van der Waals surface area contributed by atoms with Gasteiger partial charge in [0, 0.05) is 0 Å². The zero-order chi connectivity index (χ0) is 8.00. The fourth-order valence-electron chi connectivity index (χ4n) is 0. The molecule has 0 rings (SSSR count). The Morgan fingerprint density at radius 2 is 0.444 bits per heavy atom. The summed E-state index contributed by atoms with van der Waals surface area (Å²) in [5.41, 5.74) is 0. The van der Waals surface area contributed by atoms with Crippen LogP contribution in [0.4, 0.5) is 0 Å². The molecule has 0 aromatic carbocycles. The van der Waals surface area contributed by atoms with Crippen LogP contribution in [0.2, 0.25) is 0 Å². The van der Waals surface area contributed by atoms with Crippen molar-refractivity contribution in [3.8, 4) is 0 Å². The van der Waals surface area contributed by atoms with E-state index in [2.05, 4.69) is 0 Å². The maximum atomic E-state index is 8.31. The summed E-state index contributed by atoms with van der Waals surface area (Å²) < 4.78 is 33.2. The first kappa shape index (κ1) is 31.2. The second-order valence-electron chi connectivity index (χ2n) is 0. The zero-order valence-electron chi connectivity index (χ0n) is 4.44. The van der Waals surface area contributed by atoms with Crippen LogP contribution in [0, 0.1) is 0 Å². The second-order valence-corrected chi connectivity index (χ2v) is 0. The van der Waals surface area contributed by atoms with Gasteiger partial charge in [0.2, 0.25) is 0 Å². The number of hydrogen-bond donors (Lipinski definition) is 0. The van der Waals surface area contributed by atoms with Gasteiger partial charge in [-0.05, 0) is 0 Å². The van der Waals surface area contributed by atoms with Crippen molar-refractivity contribution in [2.45, 2.75) is 0 Å². The third-order valence-corrected chi connectivity index (χ3v) is 0. The van der Waals surface area contributed by atoms with Crippen LogP contribution >= 0.6 is 0 Å². The molecule has 9 heavy (non-hydrogen) atoms. The van der Waals surface area contributed by atoms with Gasteiger partial charge in [0.05, 0.1) is 0 Å². The monoisotopic (exact) mass is 392 g/mol. The van der Waals surface area contributed by atoms with Crippen molar-refractivity contribution >= 4 is 76.8 Å². The minimum Gasteiger partial charge on any atom is 4.00 e. The van der Waals surface area contributed by atoms with Crippen LogP contribution in [-0.2, 0) is 15.1 Å². The van der Waals surface area contributed by atoms with Gasteiger partial charge in [-0.1, -0.05) is 0 Å². The molecule has 0 saturated heterocycles. The van der Waals surface area contributed by atoms with Gasteiger partial charge in [0.15, 0.2) is 0 Å². The van der Waals surface area contributed by atoms with E-state index >= 15 is 0 Å². The van der Waals surface area contributed by atoms with Crippen molar-refractivity contribution < 1.29 is 15.1 Å². The summed E-state index contributed by atoms with van der Waals surface area (Å²) in [5.74, 6) is 0. The first-order valence-electron chi connectivity index (χ1n) is 0.943. The van der Waals surface area contributed by atoms with Crippen LogP contribution in [0.3, 0.4) is 0 Å². The van der Waals surface area contributed by atoms with E-state index in [1.807, 2.05) is 0 Å². The van der Waals surface area contributed by atoms with E-state index in [0.717, 1.165) is 0 Å². The van der Waals surface area contributed by atoms with Crippen molar-refractivity contribution in [3.05, 3.63) is 0 Å². The standard InChI is InChI=1S/4GeHO.Si/c4*1-2;/h4*1H;/q4*-1;+4. The maximum Gasteiger partial charge on any atom is 4.00 e. The van der Waals surface area contributed by atoms with Gasteiger partial charge in [-0.3, -0.25) is 0 Å². The van der Waals surface area contributed by atoms with Gasteiger partial charge >= 0.3 is 91.9 Å². The summed E-state index contributed by atoms with van der Waals surface area (Å²) in [6.45, 7) is 0. The maximum absolute atomic E-state index is 8.31. The predicted molar refractivity (Wildman–Crippen MR) is 37.1 cm³/mol.